The van der Waals surface area contributed by atoms with Crippen LogP contribution < -0.4 is 5.32 Å². The Labute approximate surface area is 171 Å². The maximum absolute atomic E-state index is 13.0. The molecule has 3 rings (SSSR count). The molecule has 0 atom stereocenters. The van der Waals surface area contributed by atoms with Gasteiger partial charge in [-0.05, 0) is 41.6 Å². The molecule has 1 aromatic carbocycles. The molecule has 1 N–H and O–H groups in total. The number of benzene rings is 1. The number of amides is 3. The Morgan fingerprint density at radius 3 is 2.50 bits per heavy atom. The van der Waals surface area contributed by atoms with Gasteiger partial charge in [0.25, 0.3) is 11.1 Å². The fraction of sp³-hybridized carbons (Fsp3) is 0.222. The minimum Gasteiger partial charge on any atom is -0.353 e. The van der Waals surface area contributed by atoms with Crippen molar-refractivity contribution in [3.05, 3.63) is 58.5 Å². The fourth-order valence-corrected chi connectivity index (χ4v) is 3.38. The molecule has 0 aliphatic carbocycles. The van der Waals surface area contributed by atoms with E-state index in [9.17, 15) is 31.9 Å². The van der Waals surface area contributed by atoms with Crippen LogP contribution in [0.1, 0.15) is 11.3 Å². The molecule has 0 saturated carbocycles. The molecule has 0 spiro atoms. The second-order valence-corrected chi connectivity index (χ2v) is 7.12. The van der Waals surface area contributed by atoms with Gasteiger partial charge in [-0.3, -0.25) is 24.0 Å². The van der Waals surface area contributed by atoms with Crippen LogP contribution in [0.5, 0.6) is 0 Å². The van der Waals surface area contributed by atoms with Crippen molar-refractivity contribution in [2.45, 2.75) is 12.7 Å². The number of alkyl halides is 3. The number of carbonyl (C=O) groups is 3. The highest BCUT2D eigenvalue weighted by atomic mass is 32.2. The van der Waals surface area contributed by atoms with Gasteiger partial charge in [-0.2, -0.15) is 18.3 Å². The molecule has 2 aromatic rings. The monoisotopic (exact) mass is 442 g/mol. The van der Waals surface area contributed by atoms with Crippen molar-refractivity contribution in [3.63, 3.8) is 0 Å². The fourth-order valence-electron chi connectivity index (χ4n) is 2.51. The molecule has 2 heterocycles. The molecule has 1 aliphatic heterocycles. The van der Waals surface area contributed by atoms with Gasteiger partial charge in [0.15, 0.2) is 5.69 Å². The number of nitrogens with zero attached hydrogens (tertiary/aromatic N) is 3. The summed E-state index contributed by atoms with van der Waals surface area (Å²) < 4.78 is 51.3. The standard InChI is InChI=1S/C18H14F4N4O3S/c19-12-3-1-11(2-4-12)9-13-16(28)26(17(29)30-13)8-6-23-15(27)10-25-7-5-14(24-25)18(20,21)22/h1-5,7,9H,6,8,10H2,(H,23,27)/b13-9-. The van der Waals surface area contributed by atoms with Crippen LogP contribution in [0.25, 0.3) is 6.08 Å². The molecule has 1 aliphatic rings. The number of hydrogen-bond donors (Lipinski definition) is 1. The number of hydrogen-bond acceptors (Lipinski definition) is 5. The molecular weight excluding hydrogens is 428 g/mol. The van der Waals surface area contributed by atoms with Crippen molar-refractivity contribution in [2.24, 2.45) is 0 Å². The third-order valence-electron chi connectivity index (χ3n) is 3.94. The highest BCUT2D eigenvalue weighted by Gasteiger charge is 2.35. The summed E-state index contributed by atoms with van der Waals surface area (Å²) in [7, 11) is 0. The third-order valence-corrected chi connectivity index (χ3v) is 4.84. The number of carbonyl (C=O) groups excluding carboxylic acids is 3. The predicted octanol–water partition coefficient (Wildman–Crippen LogP) is 2.89. The van der Waals surface area contributed by atoms with Crippen molar-refractivity contribution in [3.8, 4) is 0 Å². The molecule has 158 valence electrons. The number of thioether (sulfide) groups is 1. The molecule has 12 heteroatoms. The van der Waals surface area contributed by atoms with E-state index in [1.54, 1.807) is 0 Å². The van der Waals surface area contributed by atoms with Crippen molar-refractivity contribution in [2.75, 3.05) is 13.1 Å². The van der Waals surface area contributed by atoms with Gasteiger partial charge in [-0.1, -0.05) is 12.1 Å². The predicted molar refractivity (Wildman–Crippen MR) is 99.3 cm³/mol. The SMILES string of the molecule is O=C(Cn1ccc(C(F)(F)F)n1)NCCN1C(=O)S/C(=C\c2ccc(F)cc2)C1=O. The molecule has 7 nitrogen and oxygen atoms in total. The van der Waals surface area contributed by atoms with Crippen LogP contribution in [0, 0.1) is 5.82 Å². The zero-order valence-corrected chi connectivity index (χ0v) is 16.0. The van der Waals surface area contributed by atoms with E-state index in [1.807, 2.05) is 0 Å². The zero-order valence-electron chi connectivity index (χ0n) is 15.1. The molecule has 3 amide bonds. The van der Waals surface area contributed by atoms with E-state index in [1.165, 1.54) is 30.3 Å². The van der Waals surface area contributed by atoms with Gasteiger partial charge in [-0.25, -0.2) is 4.39 Å². The van der Waals surface area contributed by atoms with E-state index in [-0.39, 0.29) is 18.0 Å². The van der Waals surface area contributed by atoms with Crippen molar-refractivity contribution >= 4 is 34.9 Å². The Balaban J connectivity index is 1.51. The lowest BCUT2D eigenvalue weighted by atomic mass is 10.2. The van der Waals surface area contributed by atoms with E-state index >= 15 is 0 Å². The minimum atomic E-state index is -4.60. The van der Waals surface area contributed by atoms with Crippen molar-refractivity contribution in [1.82, 2.24) is 20.0 Å². The first-order valence-electron chi connectivity index (χ1n) is 8.52. The molecule has 0 unspecified atom stereocenters. The number of halogens is 4. The van der Waals surface area contributed by atoms with Gasteiger partial charge >= 0.3 is 6.18 Å². The second kappa shape index (κ2) is 8.69. The first kappa shape index (κ1) is 21.6. The molecule has 1 saturated heterocycles. The van der Waals surface area contributed by atoms with Crippen molar-refractivity contribution in [1.29, 1.82) is 0 Å². The van der Waals surface area contributed by atoms with Gasteiger partial charge in [0.05, 0.1) is 4.91 Å². The lowest BCUT2D eigenvalue weighted by Gasteiger charge is -2.13. The Morgan fingerprint density at radius 1 is 1.17 bits per heavy atom. The van der Waals surface area contributed by atoms with Crippen LogP contribution in [0.4, 0.5) is 22.4 Å². The summed E-state index contributed by atoms with van der Waals surface area (Å²) in [6, 6.07) is 6.12. The summed E-state index contributed by atoms with van der Waals surface area (Å²) in [5, 5.41) is 5.16. The van der Waals surface area contributed by atoms with Crippen molar-refractivity contribution < 1.29 is 31.9 Å². The first-order chi connectivity index (χ1) is 14.1. The normalized spacial score (nSPS) is 15.9. The molecule has 0 bridgehead atoms. The molecular formula is C18H14F4N4O3S. The largest absolute Gasteiger partial charge is 0.435 e. The lowest BCUT2D eigenvalue weighted by Crippen LogP contribution is -2.38. The number of imide groups is 1. The molecule has 1 aromatic heterocycles. The maximum atomic E-state index is 13.0. The minimum absolute atomic E-state index is 0.0753. The molecule has 1 fully saturated rings. The summed E-state index contributed by atoms with van der Waals surface area (Å²) in [4.78, 5) is 37.4. The lowest BCUT2D eigenvalue weighted by molar-refractivity contribution is -0.141. The van der Waals surface area contributed by atoms with Crippen LogP contribution in [-0.2, 0) is 22.3 Å². The smallest absolute Gasteiger partial charge is 0.353 e. The Hall–Kier alpha value is -3.15. The highest BCUT2D eigenvalue weighted by molar-refractivity contribution is 8.18. The van der Waals surface area contributed by atoms with Gasteiger partial charge in [0.1, 0.15) is 12.4 Å². The second-order valence-electron chi connectivity index (χ2n) is 6.13. The van der Waals surface area contributed by atoms with E-state index < -0.39 is 41.3 Å². The molecule has 30 heavy (non-hydrogen) atoms. The third kappa shape index (κ3) is 5.26. The Bertz CT molecular complexity index is 1000. The van der Waals surface area contributed by atoms with Gasteiger partial charge in [0, 0.05) is 19.3 Å². The van der Waals surface area contributed by atoms with E-state index in [2.05, 4.69) is 10.4 Å². The van der Waals surface area contributed by atoms with Gasteiger partial charge in [-0.15, -0.1) is 0 Å². The number of nitrogens with one attached hydrogen (secondary N) is 1. The maximum Gasteiger partial charge on any atom is 0.435 e. The quantitative estimate of drug-likeness (QED) is 0.550. The Morgan fingerprint density at radius 2 is 1.87 bits per heavy atom. The summed E-state index contributed by atoms with van der Waals surface area (Å²) in [6.07, 6.45) is -2.12. The van der Waals surface area contributed by atoms with E-state index in [4.69, 9.17) is 0 Å². The average molecular weight is 442 g/mol. The summed E-state index contributed by atoms with van der Waals surface area (Å²) in [5.41, 5.74) is -0.561. The van der Waals surface area contributed by atoms with E-state index in [0.717, 1.165) is 33.6 Å². The highest BCUT2D eigenvalue weighted by Crippen LogP contribution is 2.32. The topological polar surface area (TPSA) is 84.3 Å². The summed E-state index contributed by atoms with van der Waals surface area (Å²) in [5.74, 6) is -1.60. The first-order valence-corrected chi connectivity index (χ1v) is 9.33. The van der Waals surface area contributed by atoms with E-state index in [0.29, 0.717) is 5.56 Å². The number of rotatable bonds is 6. The number of aromatic nitrogens is 2. The van der Waals surface area contributed by atoms with Gasteiger partial charge < -0.3 is 5.32 Å². The van der Waals surface area contributed by atoms with Gasteiger partial charge in [0.2, 0.25) is 5.91 Å². The van der Waals surface area contributed by atoms with Crippen LogP contribution in [0.15, 0.2) is 41.4 Å². The van der Waals surface area contributed by atoms with Crippen LogP contribution in [0.3, 0.4) is 0 Å². The zero-order chi connectivity index (χ0) is 21.9. The summed E-state index contributed by atoms with van der Waals surface area (Å²) in [6.45, 7) is -0.624. The molecule has 0 radical (unpaired) electrons. The Kier molecular flexibility index (Phi) is 6.25. The van der Waals surface area contributed by atoms with Crippen LogP contribution in [0.2, 0.25) is 0 Å². The summed E-state index contributed by atoms with van der Waals surface area (Å²) >= 11 is 0.719. The van der Waals surface area contributed by atoms with Crippen LogP contribution in [-0.4, -0.2) is 44.8 Å². The average Bonchev–Trinajstić information content (AvgIpc) is 3.23. The van der Waals surface area contributed by atoms with Crippen LogP contribution >= 0.6 is 11.8 Å².